The smallest absolute Gasteiger partial charge is 0.236 e. The zero-order valence-corrected chi connectivity index (χ0v) is 12.0. The number of amides is 1. The van der Waals surface area contributed by atoms with Gasteiger partial charge in [-0.2, -0.15) is 0 Å². The first-order valence-corrected chi connectivity index (χ1v) is 7.39. The van der Waals surface area contributed by atoms with Gasteiger partial charge in [0.15, 0.2) is 0 Å². The lowest BCUT2D eigenvalue weighted by molar-refractivity contribution is -0.136. The van der Waals surface area contributed by atoms with Crippen LogP contribution in [0.1, 0.15) is 23.6 Å². The van der Waals surface area contributed by atoms with E-state index in [1.54, 1.807) is 0 Å². The summed E-state index contributed by atoms with van der Waals surface area (Å²) in [6.45, 7) is 3.30. The number of carbonyl (C=O) groups is 1. The molecule has 1 amide bonds. The number of likely N-dealkylation sites (N-methyl/N-ethyl adjacent to an activating group) is 1. The molecule has 0 N–H and O–H groups in total. The van der Waals surface area contributed by atoms with Gasteiger partial charge in [-0.3, -0.25) is 9.69 Å². The van der Waals surface area contributed by atoms with Gasteiger partial charge in [-0.15, -0.1) is 0 Å². The summed E-state index contributed by atoms with van der Waals surface area (Å²) in [6.07, 6.45) is 2.24. The summed E-state index contributed by atoms with van der Waals surface area (Å²) < 4.78 is 5.29. The van der Waals surface area contributed by atoms with Gasteiger partial charge >= 0.3 is 0 Å². The minimum absolute atomic E-state index is 0.222. The Morgan fingerprint density at radius 3 is 2.90 bits per heavy atom. The van der Waals surface area contributed by atoms with Crippen LogP contribution < -0.4 is 0 Å². The molecule has 1 heterocycles. The zero-order valence-electron chi connectivity index (χ0n) is 12.0. The van der Waals surface area contributed by atoms with E-state index < -0.39 is 0 Å². The van der Waals surface area contributed by atoms with Crippen molar-refractivity contribution in [2.75, 3.05) is 39.9 Å². The van der Waals surface area contributed by atoms with Crippen molar-refractivity contribution in [1.29, 1.82) is 0 Å². The molecular formula is C16H22N2O2. The van der Waals surface area contributed by atoms with Crippen molar-refractivity contribution >= 4 is 5.91 Å². The Labute approximate surface area is 120 Å². The summed E-state index contributed by atoms with van der Waals surface area (Å²) >= 11 is 0. The Bertz CT molecular complexity index is 483. The summed E-state index contributed by atoms with van der Waals surface area (Å²) in [6, 6.07) is 8.97. The van der Waals surface area contributed by atoms with E-state index in [1.807, 2.05) is 4.90 Å². The summed E-state index contributed by atoms with van der Waals surface area (Å²) in [5.74, 6) is 0.222. The normalized spacial score (nSPS) is 22.1. The SMILES string of the molecule is CN(CC(=O)N1CCOCC1)C1CCc2ccccc21. The highest BCUT2D eigenvalue weighted by Gasteiger charge is 2.27. The zero-order chi connectivity index (χ0) is 13.9. The number of hydrogen-bond donors (Lipinski definition) is 0. The monoisotopic (exact) mass is 274 g/mol. The molecule has 4 heteroatoms. The number of hydrogen-bond acceptors (Lipinski definition) is 3. The third-order valence-corrected chi connectivity index (χ3v) is 4.38. The van der Waals surface area contributed by atoms with E-state index in [0.29, 0.717) is 25.8 Å². The maximum Gasteiger partial charge on any atom is 0.236 e. The highest BCUT2D eigenvalue weighted by Crippen LogP contribution is 2.34. The van der Waals surface area contributed by atoms with Crippen LogP contribution in [0.2, 0.25) is 0 Å². The van der Waals surface area contributed by atoms with Crippen molar-refractivity contribution in [3.05, 3.63) is 35.4 Å². The number of fused-ring (bicyclic) bond motifs is 1. The molecule has 108 valence electrons. The Balaban J connectivity index is 1.62. The third kappa shape index (κ3) is 2.72. The lowest BCUT2D eigenvalue weighted by Gasteiger charge is -2.31. The van der Waals surface area contributed by atoms with Crippen LogP contribution in [0, 0.1) is 0 Å². The fraction of sp³-hybridized carbons (Fsp3) is 0.562. The first-order chi connectivity index (χ1) is 9.75. The standard InChI is InChI=1S/C16H22N2O2/c1-17(12-16(19)18-8-10-20-11-9-18)15-7-6-13-4-2-3-5-14(13)15/h2-5,15H,6-12H2,1H3. The van der Waals surface area contributed by atoms with E-state index in [0.717, 1.165) is 25.9 Å². The average Bonchev–Trinajstić information content (AvgIpc) is 2.92. The predicted octanol–water partition coefficient (Wildman–Crippen LogP) is 1.46. The van der Waals surface area contributed by atoms with Gasteiger partial charge < -0.3 is 9.64 Å². The second-order valence-corrected chi connectivity index (χ2v) is 5.66. The minimum atomic E-state index is 0.222. The van der Waals surface area contributed by atoms with Crippen LogP contribution in [0.15, 0.2) is 24.3 Å². The minimum Gasteiger partial charge on any atom is -0.378 e. The van der Waals surface area contributed by atoms with Gasteiger partial charge in [0, 0.05) is 19.1 Å². The molecule has 1 aromatic rings. The first kappa shape index (κ1) is 13.6. The number of aryl methyl sites for hydroxylation is 1. The van der Waals surface area contributed by atoms with Crippen molar-refractivity contribution in [1.82, 2.24) is 9.80 Å². The molecule has 1 aromatic carbocycles. The van der Waals surface area contributed by atoms with Crippen molar-refractivity contribution in [3.8, 4) is 0 Å². The molecule has 1 atom stereocenters. The number of rotatable bonds is 3. The second kappa shape index (κ2) is 5.94. The number of carbonyl (C=O) groups excluding carboxylic acids is 1. The van der Waals surface area contributed by atoms with Crippen LogP contribution in [0.25, 0.3) is 0 Å². The molecular weight excluding hydrogens is 252 g/mol. The number of benzene rings is 1. The van der Waals surface area contributed by atoms with Crippen molar-refractivity contribution in [2.45, 2.75) is 18.9 Å². The van der Waals surface area contributed by atoms with Gasteiger partial charge in [-0.1, -0.05) is 24.3 Å². The second-order valence-electron chi connectivity index (χ2n) is 5.66. The van der Waals surface area contributed by atoms with E-state index in [9.17, 15) is 4.79 Å². The highest BCUT2D eigenvalue weighted by molar-refractivity contribution is 5.78. The fourth-order valence-electron chi connectivity index (χ4n) is 3.23. The molecule has 1 aliphatic heterocycles. The molecule has 0 spiro atoms. The molecule has 1 aliphatic carbocycles. The van der Waals surface area contributed by atoms with Crippen LogP contribution in [-0.4, -0.2) is 55.6 Å². The Morgan fingerprint density at radius 1 is 1.35 bits per heavy atom. The Hall–Kier alpha value is -1.39. The van der Waals surface area contributed by atoms with Crippen LogP contribution in [0.3, 0.4) is 0 Å². The Kier molecular flexibility index (Phi) is 4.03. The quantitative estimate of drug-likeness (QED) is 0.836. The van der Waals surface area contributed by atoms with E-state index in [1.165, 1.54) is 11.1 Å². The van der Waals surface area contributed by atoms with Gasteiger partial charge in [0.05, 0.1) is 19.8 Å². The van der Waals surface area contributed by atoms with Crippen LogP contribution in [-0.2, 0) is 16.0 Å². The number of nitrogens with zero attached hydrogens (tertiary/aromatic N) is 2. The van der Waals surface area contributed by atoms with Gasteiger partial charge in [-0.05, 0) is 31.0 Å². The van der Waals surface area contributed by atoms with Crippen molar-refractivity contribution in [2.24, 2.45) is 0 Å². The topological polar surface area (TPSA) is 32.8 Å². The fourth-order valence-corrected chi connectivity index (χ4v) is 3.23. The molecule has 0 saturated carbocycles. The summed E-state index contributed by atoms with van der Waals surface area (Å²) in [7, 11) is 2.06. The molecule has 1 saturated heterocycles. The van der Waals surface area contributed by atoms with E-state index in [2.05, 4.69) is 36.2 Å². The van der Waals surface area contributed by atoms with Gasteiger partial charge in [0.25, 0.3) is 0 Å². The molecule has 0 aromatic heterocycles. The molecule has 0 bridgehead atoms. The van der Waals surface area contributed by atoms with E-state index in [-0.39, 0.29) is 5.91 Å². The highest BCUT2D eigenvalue weighted by atomic mass is 16.5. The van der Waals surface area contributed by atoms with E-state index in [4.69, 9.17) is 4.74 Å². The van der Waals surface area contributed by atoms with E-state index >= 15 is 0 Å². The summed E-state index contributed by atoms with van der Waals surface area (Å²) in [5.41, 5.74) is 2.83. The largest absolute Gasteiger partial charge is 0.378 e. The van der Waals surface area contributed by atoms with Gasteiger partial charge in [-0.25, -0.2) is 0 Å². The van der Waals surface area contributed by atoms with Crippen LogP contribution in [0.5, 0.6) is 0 Å². The molecule has 20 heavy (non-hydrogen) atoms. The molecule has 2 aliphatic rings. The molecule has 3 rings (SSSR count). The predicted molar refractivity (Wildman–Crippen MR) is 77.5 cm³/mol. The Morgan fingerprint density at radius 2 is 2.10 bits per heavy atom. The van der Waals surface area contributed by atoms with Crippen molar-refractivity contribution < 1.29 is 9.53 Å². The average molecular weight is 274 g/mol. The van der Waals surface area contributed by atoms with Gasteiger partial charge in [0.2, 0.25) is 5.91 Å². The first-order valence-electron chi connectivity index (χ1n) is 7.39. The summed E-state index contributed by atoms with van der Waals surface area (Å²) in [4.78, 5) is 16.4. The maximum absolute atomic E-state index is 12.3. The lowest BCUT2D eigenvalue weighted by Crippen LogP contribution is -2.45. The summed E-state index contributed by atoms with van der Waals surface area (Å²) in [5, 5.41) is 0. The van der Waals surface area contributed by atoms with Crippen molar-refractivity contribution in [3.63, 3.8) is 0 Å². The maximum atomic E-state index is 12.3. The number of morpholine rings is 1. The third-order valence-electron chi connectivity index (χ3n) is 4.38. The molecule has 4 nitrogen and oxygen atoms in total. The molecule has 1 unspecified atom stereocenters. The molecule has 1 fully saturated rings. The van der Waals surface area contributed by atoms with Crippen LogP contribution >= 0.6 is 0 Å². The molecule has 0 radical (unpaired) electrons. The van der Waals surface area contributed by atoms with Gasteiger partial charge in [0.1, 0.15) is 0 Å². The lowest BCUT2D eigenvalue weighted by atomic mass is 10.1. The number of ether oxygens (including phenoxy) is 1. The van der Waals surface area contributed by atoms with Crippen LogP contribution in [0.4, 0.5) is 0 Å².